The highest BCUT2D eigenvalue weighted by Gasteiger charge is 2.33. The molecule has 0 aliphatic carbocycles. The van der Waals surface area contributed by atoms with Gasteiger partial charge in [-0.3, -0.25) is 9.89 Å². The Morgan fingerprint density at radius 2 is 2.31 bits per heavy atom. The van der Waals surface area contributed by atoms with E-state index in [2.05, 4.69) is 33.7 Å². The molecule has 1 fully saturated rings. The summed E-state index contributed by atoms with van der Waals surface area (Å²) in [5.74, 6) is 0.400. The summed E-state index contributed by atoms with van der Waals surface area (Å²) in [6.07, 6.45) is 1.95. The zero-order chi connectivity index (χ0) is 18.5. The summed E-state index contributed by atoms with van der Waals surface area (Å²) in [5.41, 5.74) is 6.95. The number of guanidine groups is 1. The Morgan fingerprint density at radius 3 is 3.04 bits per heavy atom. The molecule has 3 rings (SSSR count). The van der Waals surface area contributed by atoms with Crippen molar-refractivity contribution in [2.75, 3.05) is 26.7 Å². The monoisotopic (exact) mass is 394 g/mol. The quantitative estimate of drug-likeness (QED) is 0.580. The zero-order valence-electron chi connectivity index (χ0n) is 14.8. The summed E-state index contributed by atoms with van der Waals surface area (Å²) >= 11 is 7.56. The Kier molecular flexibility index (Phi) is 6.51. The Labute approximate surface area is 162 Å². The predicted molar refractivity (Wildman–Crippen MR) is 107 cm³/mol. The van der Waals surface area contributed by atoms with Gasteiger partial charge in [0.2, 0.25) is 0 Å². The summed E-state index contributed by atoms with van der Waals surface area (Å²) in [6.45, 7) is 2.35. The fourth-order valence-electron chi connectivity index (χ4n) is 3.48. The zero-order valence-corrected chi connectivity index (χ0v) is 16.4. The number of rotatable bonds is 6. The van der Waals surface area contributed by atoms with Crippen LogP contribution in [-0.2, 0) is 6.42 Å². The predicted octanol–water partition coefficient (Wildman–Crippen LogP) is 3.68. The molecule has 4 nitrogen and oxygen atoms in total. The molecule has 0 bridgehead atoms. The van der Waals surface area contributed by atoms with Crippen LogP contribution in [0, 0.1) is 11.7 Å². The largest absolute Gasteiger partial charge is 0.370 e. The molecule has 26 heavy (non-hydrogen) atoms. The van der Waals surface area contributed by atoms with Crippen molar-refractivity contribution in [2.45, 2.75) is 18.9 Å². The SMILES string of the molecule is CN1CCC(CN=C(N)NCCc2cccs2)C1c1ccc(Cl)c(F)c1. The molecule has 1 aromatic carbocycles. The number of benzene rings is 1. The summed E-state index contributed by atoms with van der Waals surface area (Å²) in [7, 11) is 2.06. The van der Waals surface area contributed by atoms with E-state index in [1.807, 2.05) is 12.1 Å². The third-order valence-electron chi connectivity index (χ3n) is 4.81. The van der Waals surface area contributed by atoms with E-state index in [4.69, 9.17) is 17.3 Å². The molecule has 0 spiro atoms. The number of thiophene rings is 1. The van der Waals surface area contributed by atoms with Crippen LogP contribution in [0.3, 0.4) is 0 Å². The minimum atomic E-state index is -0.374. The number of nitrogens with two attached hydrogens (primary N) is 1. The second-order valence-corrected chi connectivity index (χ2v) is 8.07. The Bertz CT molecular complexity index is 750. The Hall–Kier alpha value is -1.63. The third-order valence-corrected chi connectivity index (χ3v) is 6.06. The molecule has 7 heteroatoms. The van der Waals surface area contributed by atoms with Crippen LogP contribution in [0.15, 0.2) is 40.7 Å². The molecule has 2 unspecified atom stereocenters. The molecular weight excluding hydrogens is 371 g/mol. The van der Waals surface area contributed by atoms with E-state index in [9.17, 15) is 4.39 Å². The number of hydrogen-bond acceptors (Lipinski definition) is 3. The van der Waals surface area contributed by atoms with Gasteiger partial charge in [-0.25, -0.2) is 4.39 Å². The first-order valence-corrected chi connectivity index (χ1v) is 10.0. The topological polar surface area (TPSA) is 53.6 Å². The number of nitrogens with one attached hydrogen (secondary N) is 1. The van der Waals surface area contributed by atoms with Crippen LogP contribution in [0.25, 0.3) is 0 Å². The van der Waals surface area contributed by atoms with E-state index < -0.39 is 0 Å². The molecule has 2 atom stereocenters. The molecule has 0 amide bonds. The first kappa shape index (κ1) is 19.1. The van der Waals surface area contributed by atoms with Gasteiger partial charge in [-0.05, 0) is 61.5 Å². The van der Waals surface area contributed by atoms with Gasteiger partial charge in [0.05, 0.1) is 5.02 Å². The van der Waals surface area contributed by atoms with E-state index in [0.717, 1.165) is 31.5 Å². The Morgan fingerprint density at radius 1 is 1.46 bits per heavy atom. The van der Waals surface area contributed by atoms with Crippen molar-refractivity contribution >= 4 is 28.9 Å². The molecule has 2 heterocycles. The summed E-state index contributed by atoms with van der Waals surface area (Å²) in [4.78, 5) is 8.08. The molecule has 0 radical (unpaired) electrons. The van der Waals surface area contributed by atoms with Crippen molar-refractivity contribution in [2.24, 2.45) is 16.6 Å². The number of halogens is 2. The van der Waals surface area contributed by atoms with Crippen molar-refractivity contribution in [1.82, 2.24) is 10.2 Å². The van der Waals surface area contributed by atoms with Gasteiger partial charge in [-0.1, -0.05) is 23.7 Å². The van der Waals surface area contributed by atoms with Gasteiger partial charge in [0, 0.05) is 24.0 Å². The van der Waals surface area contributed by atoms with Gasteiger partial charge in [0.25, 0.3) is 0 Å². The number of likely N-dealkylation sites (tertiary alicyclic amines) is 1. The normalized spacial score (nSPS) is 21.3. The van der Waals surface area contributed by atoms with Gasteiger partial charge in [0.1, 0.15) is 5.82 Å². The van der Waals surface area contributed by atoms with Gasteiger partial charge >= 0.3 is 0 Å². The second kappa shape index (κ2) is 8.84. The van der Waals surface area contributed by atoms with Crippen molar-refractivity contribution < 1.29 is 4.39 Å². The molecule has 3 N–H and O–H groups in total. The lowest BCUT2D eigenvalue weighted by Crippen LogP contribution is -2.34. The maximum absolute atomic E-state index is 13.8. The molecule has 1 aliphatic heterocycles. The van der Waals surface area contributed by atoms with Gasteiger partial charge < -0.3 is 11.1 Å². The van der Waals surface area contributed by atoms with Crippen LogP contribution in [0.5, 0.6) is 0 Å². The summed E-state index contributed by atoms with van der Waals surface area (Å²) in [5, 5.41) is 5.40. The van der Waals surface area contributed by atoms with Crippen molar-refractivity contribution in [1.29, 1.82) is 0 Å². The van der Waals surface area contributed by atoms with Crippen LogP contribution in [0.1, 0.15) is 22.9 Å². The van der Waals surface area contributed by atoms with Gasteiger partial charge in [-0.2, -0.15) is 0 Å². The maximum atomic E-state index is 13.8. The van der Waals surface area contributed by atoms with E-state index in [-0.39, 0.29) is 16.9 Å². The molecule has 1 aliphatic rings. The lowest BCUT2D eigenvalue weighted by molar-refractivity contribution is 0.279. The van der Waals surface area contributed by atoms with Gasteiger partial charge in [-0.15, -0.1) is 11.3 Å². The van der Waals surface area contributed by atoms with Crippen molar-refractivity contribution in [3.63, 3.8) is 0 Å². The van der Waals surface area contributed by atoms with Crippen LogP contribution < -0.4 is 11.1 Å². The van der Waals surface area contributed by atoms with Crippen LogP contribution >= 0.6 is 22.9 Å². The second-order valence-electron chi connectivity index (χ2n) is 6.63. The average molecular weight is 395 g/mol. The van der Waals surface area contributed by atoms with Crippen molar-refractivity contribution in [3.8, 4) is 0 Å². The van der Waals surface area contributed by atoms with Crippen LogP contribution in [-0.4, -0.2) is 37.5 Å². The van der Waals surface area contributed by atoms with Gasteiger partial charge in [0.15, 0.2) is 5.96 Å². The smallest absolute Gasteiger partial charge is 0.188 e. The highest BCUT2D eigenvalue weighted by Crippen LogP contribution is 2.37. The molecular formula is C19H24ClFN4S. The molecule has 2 aromatic rings. The fourth-order valence-corrected chi connectivity index (χ4v) is 4.31. The van der Waals surface area contributed by atoms with Crippen LogP contribution in [0.4, 0.5) is 4.39 Å². The van der Waals surface area contributed by atoms with E-state index in [1.165, 1.54) is 10.9 Å². The highest BCUT2D eigenvalue weighted by molar-refractivity contribution is 7.09. The van der Waals surface area contributed by atoms with E-state index in [1.54, 1.807) is 17.4 Å². The van der Waals surface area contributed by atoms with Crippen LogP contribution in [0.2, 0.25) is 5.02 Å². The fraction of sp³-hybridized carbons (Fsp3) is 0.421. The number of nitrogens with zero attached hydrogens (tertiary/aromatic N) is 2. The summed E-state index contributed by atoms with van der Waals surface area (Å²) < 4.78 is 13.8. The summed E-state index contributed by atoms with van der Waals surface area (Å²) in [6, 6.07) is 9.35. The molecule has 0 saturated carbocycles. The number of aliphatic imine (C=N–C) groups is 1. The molecule has 140 valence electrons. The standard InChI is InChI=1S/C19H24ClFN4S/c1-25-9-7-14(18(25)13-4-5-16(20)17(21)11-13)12-24-19(22)23-8-6-15-3-2-10-26-15/h2-5,10-11,14,18H,6-9,12H2,1H3,(H3,22,23,24). The number of hydrogen-bond donors (Lipinski definition) is 2. The maximum Gasteiger partial charge on any atom is 0.188 e. The first-order valence-electron chi connectivity index (χ1n) is 8.76. The third kappa shape index (κ3) is 4.75. The lowest BCUT2D eigenvalue weighted by atomic mass is 9.94. The minimum Gasteiger partial charge on any atom is -0.370 e. The molecule has 1 aromatic heterocycles. The first-order chi connectivity index (χ1) is 12.5. The minimum absolute atomic E-state index is 0.129. The highest BCUT2D eigenvalue weighted by atomic mass is 35.5. The lowest BCUT2D eigenvalue weighted by Gasteiger charge is -2.25. The molecule has 1 saturated heterocycles. The van der Waals surface area contributed by atoms with E-state index in [0.29, 0.717) is 18.4 Å². The Balaban J connectivity index is 1.57. The van der Waals surface area contributed by atoms with E-state index >= 15 is 0 Å². The average Bonchev–Trinajstić information content (AvgIpc) is 3.25. The van der Waals surface area contributed by atoms with Crippen molar-refractivity contribution in [3.05, 3.63) is 57.0 Å².